The summed E-state index contributed by atoms with van der Waals surface area (Å²) < 4.78 is 23.7. The zero-order valence-electron chi connectivity index (χ0n) is 11.6. The van der Waals surface area contributed by atoms with Gasteiger partial charge in [0.2, 0.25) is 0 Å². The van der Waals surface area contributed by atoms with Gasteiger partial charge in [0.15, 0.2) is 9.84 Å². The number of rotatable bonds is 5. The standard InChI is InChI=1S/C14H23NO2S2/c1-11(12-7-8-18-10-12)9-15-13-5-3-4-6-14(13)19(2,16)17/h7-8,10-11,13-15H,3-6,9H2,1-2H3/t11-,13-,14-/m1/s1. The van der Waals surface area contributed by atoms with Crippen LogP contribution < -0.4 is 5.32 Å². The van der Waals surface area contributed by atoms with Gasteiger partial charge in [0.1, 0.15) is 0 Å². The van der Waals surface area contributed by atoms with Crippen LogP contribution in [0, 0.1) is 0 Å². The summed E-state index contributed by atoms with van der Waals surface area (Å²) in [6.07, 6.45) is 5.34. The smallest absolute Gasteiger partial charge is 0.151 e. The van der Waals surface area contributed by atoms with Crippen LogP contribution in [0.25, 0.3) is 0 Å². The molecule has 0 aromatic carbocycles. The molecule has 1 aliphatic rings. The fourth-order valence-electron chi connectivity index (χ4n) is 2.84. The van der Waals surface area contributed by atoms with Crippen LogP contribution in [0.4, 0.5) is 0 Å². The summed E-state index contributed by atoms with van der Waals surface area (Å²) in [5, 5.41) is 7.55. The first kappa shape index (κ1) is 15.0. The maximum Gasteiger partial charge on any atom is 0.151 e. The molecule has 108 valence electrons. The molecule has 0 aliphatic heterocycles. The molecule has 1 aromatic rings. The minimum atomic E-state index is -2.94. The van der Waals surface area contributed by atoms with Crippen LogP contribution in [0.5, 0.6) is 0 Å². The maximum absolute atomic E-state index is 11.8. The van der Waals surface area contributed by atoms with Gasteiger partial charge >= 0.3 is 0 Å². The summed E-state index contributed by atoms with van der Waals surface area (Å²) in [5.41, 5.74) is 1.34. The second kappa shape index (κ2) is 6.37. The summed E-state index contributed by atoms with van der Waals surface area (Å²) in [6, 6.07) is 2.27. The molecule has 0 bridgehead atoms. The third kappa shape index (κ3) is 4.04. The molecule has 0 radical (unpaired) electrons. The highest BCUT2D eigenvalue weighted by molar-refractivity contribution is 7.91. The van der Waals surface area contributed by atoms with Crippen molar-refractivity contribution in [1.82, 2.24) is 5.32 Å². The van der Waals surface area contributed by atoms with Gasteiger partial charge in [-0.1, -0.05) is 19.8 Å². The number of thiophene rings is 1. The van der Waals surface area contributed by atoms with Crippen LogP contribution in [-0.2, 0) is 9.84 Å². The summed E-state index contributed by atoms with van der Waals surface area (Å²) in [6.45, 7) is 3.04. The van der Waals surface area contributed by atoms with Gasteiger partial charge in [-0.05, 0) is 41.1 Å². The lowest BCUT2D eigenvalue weighted by atomic mass is 9.94. The van der Waals surface area contributed by atoms with Crippen LogP contribution in [0.2, 0.25) is 0 Å². The zero-order valence-corrected chi connectivity index (χ0v) is 13.3. The van der Waals surface area contributed by atoms with E-state index in [1.54, 1.807) is 11.3 Å². The lowest BCUT2D eigenvalue weighted by Gasteiger charge is -2.31. The Morgan fingerprint density at radius 2 is 2.16 bits per heavy atom. The van der Waals surface area contributed by atoms with E-state index in [0.29, 0.717) is 5.92 Å². The Labute approximate surface area is 120 Å². The first-order valence-electron chi connectivity index (χ1n) is 6.93. The van der Waals surface area contributed by atoms with Crippen LogP contribution in [-0.4, -0.2) is 32.5 Å². The van der Waals surface area contributed by atoms with Crippen molar-refractivity contribution >= 4 is 21.2 Å². The first-order chi connectivity index (χ1) is 8.98. The normalized spacial score (nSPS) is 26.2. The molecular weight excluding hydrogens is 278 g/mol. The average Bonchev–Trinajstić information content (AvgIpc) is 2.89. The van der Waals surface area contributed by atoms with Gasteiger partial charge in [-0.25, -0.2) is 8.42 Å². The molecule has 19 heavy (non-hydrogen) atoms. The van der Waals surface area contributed by atoms with Gasteiger partial charge in [0.05, 0.1) is 5.25 Å². The van der Waals surface area contributed by atoms with Crippen LogP contribution >= 0.6 is 11.3 Å². The van der Waals surface area contributed by atoms with Crippen molar-refractivity contribution in [1.29, 1.82) is 0 Å². The Hall–Kier alpha value is -0.390. The number of sulfone groups is 1. The second-order valence-electron chi connectivity index (χ2n) is 5.62. The predicted molar refractivity (Wildman–Crippen MR) is 81.6 cm³/mol. The molecular formula is C14H23NO2S2. The van der Waals surface area contributed by atoms with Gasteiger partial charge in [-0.2, -0.15) is 11.3 Å². The minimum Gasteiger partial charge on any atom is -0.312 e. The third-order valence-corrected chi connectivity index (χ3v) is 6.42. The van der Waals surface area contributed by atoms with Crippen molar-refractivity contribution in [2.75, 3.05) is 12.8 Å². The summed E-state index contributed by atoms with van der Waals surface area (Å²) in [5.74, 6) is 0.438. The molecule has 1 aliphatic carbocycles. The zero-order chi connectivity index (χ0) is 13.9. The Balaban J connectivity index is 1.93. The molecule has 3 atom stereocenters. The molecule has 1 fully saturated rings. The van der Waals surface area contributed by atoms with Gasteiger partial charge in [0, 0.05) is 18.8 Å². The highest BCUT2D eigenvalue weighted by Crippen LogP contribution is 2.25. The van der Waals surface area contributed by atoms with Gasteiger partial charge < -0.3 is 5.32 Å². The second-order valence-corrected chi connectivity index (χ2v) is 8.67. The monoisotopic (exact) mass is 301 g/mol. The SMILES string of the molecule is C[C@H](CN[C@@H]1CCCC[C@H]1S(C)(=O)=O)c1ccsc1. The average molecular weight is 301 g/mol. The van der Waals surface area contributed by atoms with Crippen molar-refractivity contribution in [3.05, 3.63) is 22.4 Å². The van der Waals surface area contributed by atoms with Crippen molar-refractivity contribution in [2.24, 2.45) is 0 Å². The van der Waals surface area contributed by atoms with E-state index < -0.39 is 9.84 Å². The first-order valence-corrected chi connectivity index (χ1v) is 9.82. The predicted octanol–water partition coefficient (Wildman–Crippen LogP) is 2.80. The van der Waals surface area contributed by atoms with Crippen molar-refractivity contribution in [2.45, 2.75) is 49.8 Å². The topological polar surface area (TPSA) is 46.2 Å². The molecule has 0 amide bonds. The van der Waals surface area contributed by atoms with Crippen LogP contribution in [0.1, 0.15) is 44.1 Å². The molecule has 1 aromatic heterocycles. The fourth-order valence-corrected chi connectivity index (χ4v) is 5.05. The van der Waals surface area contributed by atoms with E-state index in [-0.39, 0.29) is 11.3 Å². The van der Waals surface area contributed by atoms with Crippen LogP contribution in [0.15, 0.2) is 16.8 Å². The highest BCUT2D eigenvalue weighted by atomic mass is 32.2. The lowest BCUT2D eigenvalue weighted by Crippen LogP contribution is -2.46. The van der Waals surface area contributed by atoms with Crippen molar-refractivity contribution in [3.8, 4) is 0 Å². The lowest BCUT2D eigenvalue weighted by molar-refractivity contribution is 0.366. The maximum atomic E-state index is 11.8. The molecule has 1 saturated carbocycles. The number of hydrogen-bond donors (Lipinski definition) is 1. The van der Waals surface area contributed by atoms with E-state index in [4.69, 9.17) is 0 Å². The molecule has 1 N–H and O–H groups in total. The Kier molecular flexibility index (Phi) is 5.03. The van der Waals surface area contributed by atoms with Gasteiger partial charge in [0.25, 0.3) is 0 Å². The molecule has 3 nitrogen and oxygen atoms in total. The minimum absolute atomic E-state index is 0.129. The van der Waals surface area contributed by atoms with Gasteiger partial charge in [-0.3, -0.25) is 0 Å². The molecule has 0 spiro atoms. The molecule has 0 unspecified atom stereocenters. The Morgan fingerprint density at radius 3 is 2.79 bits per heavy atom. The van der Waals surface area contributed by atoms with E-state index in [9.17, 15) is 8.42 Å². The van der Waals surface area contributed by atoms with E-state index in [0.717, 1.165) is 32.2 Å². The van der Waals surface area contributed by atoms with Crippen LogP contribution in [0.3, 0.4) is 0 Å². The van der Waals surface area contributed by atoms with E-state index >= 15 is 0 Å². The highest BCUT2D eigenvalue weighted by Gasteiger charge is 2.32. The van der Waals surface area contributed by atoms with Crippen molar-refractivity contribution < 1.29 is 8.42 Å². The van der Waals surface area contributed by atoms with E-state index in [2.05, 4.69) is 29.1 Å². The molecule has 5 heteroatoms. The largest absolute Gasteiger partial charge is 0.312 e. The van der Waals surface area contributed by atoms with Crippen molar-refractivity contribution in [3.63, 3.8) is 0 Å². The summed E-state index contributed by atoms with van der Waals surface area (Å²) in [7, 11) is -2.94. The Bertz CT molecular complexity index is 482. The molecule has 2 rings (SSSR count). The third-order valence-electron chi connectivity index (χ3n) is 4.05. The number of hydrogen-bond acceptors (Lipinski definition) is 4. The quantitative estimate of drug-likeness (QED) is 0.909. The summed E-state index contributed by atoms with van der Waals surface area (Å²) in [4.78, 5) is 0. The Morgan fingerprint density at radius 1 is 1.42 bits per heavy atom. The summed E-state index contributed by atoms with van der Waals surface area (Å²) >= 11 is 1.71. The van der Waals surface area contributed by atoms with Gasteiger partial charge in [-0.15, -0.1) is 0 Å². The number of nitrogens with one attached hydrogen (secondary N) is 1. The van der Waals surface area contributed by atoms with E-state index in [1.807, 2.05) is 0 Å². The van der Waals surface area contributed by atoms with E-state index in [1.165, 1.54) is 11.8 Å². The molecule has 1 heterocycles. The fraction of sp³-hybridized carbons (Fsp3) is 0.714. The molecule has 0 saturated heterocycles.